The van der Waals surface area contributed by atoms with Gasteiger partial charge in [0.15, 0.2) is 0 Å². The standard InChI is InChI=1S/C34H35N5O9S/c1-2-19-18-34(19,32(42)39-49(44,45)22-10-11-22)35-30(40)27-16-21-17-28(27)31(41)36-37-33(43)47-14-6-5-13-46-20-9-12-24-23-7-3-4-8-25(23)29(38-48-21)26(24)15-20/h2-9,12,15,19,21-22,27-28H,1,10-11,13-14,16-18H2,(H,35,40)(H,36,41)(H,37,43)(H,39,42)/b6-5+,38-29-/t19-,21+,27+,28+,34+/m0/s1. The number of cyclic esters (lactones) is 1. The zero-order valence-corrected chi connectivity index (χ0v) is 27.2. The summed E-state index contributed by atoms with van der Waals surface area (Å²) >= 11 is 0. The monoisotopic (exact) mass is 689 g/mol. The summed E-state index contributed by atoms with van der Waals surface area (Å²) in [6, 6.07) is 13.4. The fraction of sp³-hybridized carbons (Fsp3) is 0.382. The molecule has 4 N–H and O–H groups in total. The number of hydrazine groups is 1. The molecule has 3 fully saturated rings. The van der Waals surface area contributed by atoms with E-state index in [0.29, 0.717) is 24.3 Å². The molecule has 2 aromatic carbocycles. The number of carbonyl (C=O) groups excluding carboxylic acids is 4. The lowest BCUT2D eigenvalue weighted by Gasteiger charge is -2.23. The first-order valence-electron chi connectivity index (χ1n) is 16.1. The average molecular weight is 690 g/mol. The second kappa shape index (κ2) is 12.7. The van der Waals surface area contributed by atoms with Gasteiger partial charge in [-0.1, -0.05) is 35.5 Å². The average Bonchev–Trinajstić information content (AvgIpc) is 4.00. The molecular formula is C34H35N5O9S. The SMILES string of the molecule is C=C[C@H]1C[C@]1(NC(=O)[C@@H]1C[C@@H]2C[C@H]1C(=O)NNC(=O)OC/C=C/COc1ccc3c(c1)/C(=N\O2)c1ccccc1-3)C(=O)NS(=O)(=O)C1CC1. The molecule has 7 rings (SSSR count). The molecular weight excluding hydrogens is 654 g/mol. The molecule has 0 aromatic heterocycles. The zero-order valence-electron chi connectivity index (χ0n) is 26.3. The van der Waals surface area contributed by atoms with Crippen molar-refractivity contribution in [3.05, 3.63) is 78.4 Å². The van der Waals surface area contributed by atoms with Crippen molar-refractivity contribution in [2.24, 2.45) is 22.9 Å². The Morgan fingerprint density at radius 2 is 1.69 bits per heavy atom. The summed E-state index contributed by atoms with van der Waals surface area (Å²) in [5.41, 5.74) is 7.10. The number of ether oxygens (including phenoxy) is 2. The Balaban J connectivity index is 1.16. The first-order valence-corrected chi connectivity index (χ1v) is 17.6. The third kappa shape index (κ3) is 6.37. The van der Waals surface area contributed by atoms with Crippen LogP contribution in [0.25, 0.3) is 11.1 Å². The summed E-state index contributed by atoms with van der Waals surface area (Å²) in [4.78, 5) is 58.9. The van der Waals surface area contributed by atoms with Crippen molar-refractivity contribution in [3.8, 4) is 16.9 Å². The van der Waals surface area contributed by atoms with Gasteiger partial charge >= 0.3 is 6.09 Å². The molecule has 49 heavy (non-hydrogen) atoms. The van der Waals surface area contributed by atoms with Gasteiger partial charge in [-0.25, -0.2) is 18.6 Å². The van der Waals surface area contributed by atoms with Crippen molar-refractivity contribution < 1.29 is 41.9 Å². The highest BCUT2D eigenvalue weighted by molar-refractivity contribution is 7.91. The van der Waals surface area contributed by atoms with E-state index in [-0.39, 0.29) is 32.5 Å². The van der Waals surface area contributed by atoms with Gasteiger partial charge in [0.2, 0.25) is 21.8 Å². The van der Waals surface area contributed by atoms with Crippen LogP contribution >= 0.6 is 0 Å². The van der Waals surface area contributed by atoms with Gasteiger partial charge in [0.05, 0.1) is 17.1 Å². The maximum Gasteiger partial charge on any atom is 0.426 e. The highest BCUT2D eigenvalue weighted by Crippen LogP contribution is 2.46. The molecule has 5 atom stereocenters. The molecule has 4 bridgehead atoms. The first-order chi connectivity index (χ1) is 23.6. The van der Waals surface area contributed by atoms with Gasteiger partial charge in [-0.05, 0) is 73.6 Å². The maximum absolute atomic E-state index is 13.9. The van der Waals surface area contributed by atoms with Gasteiger partial charge in [0, 0.05) is 17.0 Å². The van der Waals surface area contributed by atoms with Gasteiger partial charge in [0.25, 0.3) is 5.91 Å². The summed E-state index contributed by atoms with van der Waals surface area (Å²) in [7, 11) is -3.88. The number of nitrogens with one attached hydrogen (secondary N) is 4. The predicted octanol–water partition coefficient (Wildman–Crippen LogP) is 2.21. The second-order valence-corrected chi connectivity index (χ2v) is 14.7. The van der Waals surface area contributed by atoms with E-state index in [1.165, 1.54) is 6.08 Å². The molecule has 256 valence electrons. The van der Waals surface area contributed by atoms with Crippen molar-refractivity contribution in [3.63, 3.8) is 0 Å². The number of nitrogens with zero attached hydrogens (tertiary/aromatic N) is 1. The van der Waals surface area contributed by atoms with Gasteiger partial charge in [-0.3, -0.25) is 24.5 Å². The number of amides is 4. The smallest absolute Gasteiger partial charge is 0.426 e. The topological polar surface area (TPSA) is 191 Å². The van der Waals surface area contributed by atoms with Gasteiger partial charge < -0.3 is 19.6 Å². The predicted molar refractivity (Wildman–Crippen MR) is 175 cm³/mol. The Labute approximate surface area is 282 Å². The van der Waals surface area contributed by atoms with Gasteiger partial charge in [-0.2, -0.15) is 0 Å². The van der Waals surface area contributed by atoms with E-state index in [4.69, 9.17) is 14.3 Å². The fourth-order valence-electron chi connectivity index (χ4n) is 6.67. The van der Waals surface area contributed by atoms with Crippen molar-refractivity contribution >= 4 is 39.5 Å². The minimum atomic E-state index is -3.88. The van der Waals surface area contributed by atoms with E-state index in [1.54, 1.807) is 12.2 Å². The number of benzene rings is 2. The minimum Gasteiger partial charge on any atom is -0.490 e. The Kier molecular flexibility index (Phi) is 8.38. The quantitative estimate of drug-likeness (QED) is 0.281. The normalized spacial score (nSPS) is 29.3. The number of hydrogen-bond acceptors (Lipinski definition) is 10. The molecule has 0 unspecified atom stereocenters. The summed E-state index contributed by atoms with van der Waals surface area (Å²) in [5.74, 6) is -4.10. The molecule has 4 amide bonds. The van der Waals surface area contributed by atoms with Crippen LogP contribution in [-0.2, 0) is 34.0 Å². The number of rotatable bonds is 6. The van der Waals surface area contributed by atoms with Crippen LogP contribution < -0.4 is 25.6 Å². The van der Waals surface area contributed by atoms with Gasteiger partial charge in [-0.15, -0.1) is 6.58 Å². The number of oxime groups is 1. The summed E-state index contributed by atoms with van der Waals surface area (Å²) < 4.78 is 38.2. The summed E-state index contributed by atoms with van der Waals surface area (Å²) in [5, 5.41) is 6.66. The number of fused-ring (bicyclic) bond motifs is 6. The highest BCUT2D eigenvalue weighted by atomic mass is 32.2. The van der Waals surface area contributed by atoms with Gasteiger partial charge in [0.1, 0.15) is 36.3 Å². The van der Waals surface area contributed by atoms with Crippen LogP contribution in [0.15, 0.2) is 72.4 Å². The van der Waals surface area contributed by atoms with E-state index in [1.807, 2.05) is 42.5 Å². The lowest BCUT2D eigenvalue weighted by Crippen LogP contribution is -2.54. The van der Waals surface area contributed by atoms with Crippen molar-refractivity contribution in [2.75, 3.05) is 13.2 Å². The Bertz CT molecular complexity index is 1910. The van der Waals surface area contributed by atoms with Crippen LogP contribution in [0, 0.1) is 17.8 Å². The number of sulfonamides is 1. The van der Waals surface area contributed by atoms with Crippen molar-refractivity contribution in [2.45, 2.75) is 49.0 Å². The van der Waals surface area contributed by atoms with E-state index >= 15 is 0 Å². The molecule has 3 saturated carbocycles. The third-order valence-corrected chi connectivity index (χ3v) is 11.4. The molecule has 14 nitrogen and oxygen atoms in total. The molecule has 4 aliphatic carbocycles. The Morgan fingerprint density at radius 3 is 2.43 bits per heavy atom. The zero-order chi connectivity index (χ0) is 34.3. The molecule has 5 aliphatic rings. The second-order valence-electron chi connectivity index (χ2n) is 12.8. The van der Waals surface area contributed by atoms with Crippen LogP contribution in [0.4, 0.5) is 4.79 Å². The molecule has 0 radical (unpaired) electrons. The first kappa shape index (κ1) is 32.4. The molecule has 1 heterocycles. The molecule has 2 aromatic rings. The van der Waals surface area contributed by atoms with Crippen LogP contribution in [0.5, 0.6) is 5.75 Å². The largest absolute Gasteiger partial charge is 0.490 e. The van der Waals surface area contributed by atoms with Crippen LogP contribution in [0.1, 0.15) is 43.2 Å². The molecule has 0 spiro atoms. The van der Waals surface area contributed by atoms with E-state index < -0.39 is 68.5 Å². The fourth-order valence-corrected chi connectivity index (χ4v) is 8.03. The van der Waals surface area contributed by atoms with Crippen molar-refractivity contribution in [1.82, 2.24) is 20.9 Å². The molecule has 1 aliphatic heterocycles. The van der Waals surface area contributed by atoms with Crippen LogP contribution in [0.3, 0.4) is 0 Å². The maximum atomic E-state index is 13.9. The minimum absolute atomic E-state index is 0.0461. The lowest BCUT2D eigenvalue weighted by molar-refractivity contribution is -0.136. The highest BCUT2D eigenvalue weighted by Gasteiger charge is 2.62. The van der Waals surface area contributed by atoms with E-state index in [0.717, 1.165) is 22.3 Å². The third-order valence-electron chi connectivity index (χ3n) is 9.56. The van der Waals surface area contributed by atoms with Crippen LogP contribution in [-0.4, -0.2) is 68.1 Å². The Morgan fingerprint density at radius 1 is 0.959 bits per heavy atom. The summed E-state index contributed by atoms with van der Waals surface area (Å²) in [6.07, 6.45) is 4.32. The van der Waals surface area contributed by atoms with Crippen molar-refractivity contribution in [1.29, 1.82) is 0 Å². The molecule has 0 saturated heterocycles. The molecule has 15 heteroatoms. The van der Waals surface area contributed by atoms with E-state index in [2.05, 4.69) is 32.6 Å². The number of carbonyl (C=O) groups is 4. The number of hydrogen-bond donors (Lipinski definition) is 4. The summed E-state index contributed by atoms with van der Waals surface area (Å²) in [6.45, 7) is 3.86. The van der Waals surface area contributed by atoms with E-state index in [9.17, 15) is 27.6 Å². The van der Waals surface area contributed by atoms with Crippen LogP contribution in [0.2, 0.25) is 0 Å². The lowest BCUT2D eigenvalue weighted by atomic mass is 9.94. The Hall–Kier alpha value is -5.18.